The van der Waals surface area contributed by atoms with E-state index >= 15 is 0 Å². The molecule has 2 heterocycles. The van der Waals surface area contributed by atoms with Gasteiger partial charge in [-0.25, -0.2) is 4.98 Å². The van der Waals surface area contributed by atoms with Crippen LogP contribution in [-0.2, 0) is 0 Å². The molecular formula is C12H15FN2O2. The maximum Gasteiger partial charge on any atom is 0.255 e. The molecule has 0 spiro atoms. The van der Waals surface area contributed by atoms with E-state index in [1.807, 2.05) is 0 Å². The summed E-state index contributed by atoms with van der Waals surface area (Å²) < 4.78 is 12.6. The summed E-state index contributed by atoms with van der Waals surface area (Å²) >= 11 is 0. The van der Waals surface area contributed by atoms with E-state index in [-0.39, 0.29) is 18.4 Å². The first kappa shape index (κ1) is 12.0. The van der Waals surface area contributed by atoms with Crippen molar-refractivity contribution < 1.29 is 14.3 Å². The summed E-state index contributed by atoms with van der Waals surface area (Å²) in [6.45, 7) is 1.35. The number of piperidine rings is 1. The third-order valence-corrected chi connectivity index (χ3v) is 3.04. The Kier molecular flexibility index (Phi) is 3.68. The second-order valence-corrected chi connectivity index (χ2v) is 4.31. The minimum Gasteiger partial charge on any atom is -0.396 e. The zero-order valence-corrected chi connectivity index (χ0v) is 9.47. The predicted molar refractivity (Wildman–Crippen MR) is 59.9 cm³/mol. The van der Waals surface area contributed by atoms with Crippen molar-refractivity contribution in [3.05, 3.63) is 29.8 Å². The van der Waals surface area contributed by atoms with Gasteiger partial charge in [0.25, 0.3) is 5.91 Å². The van der Waals surface area contributed by atoms with Crippen LogP contribution in [-0.4, -0.2) is 40.6 Å². The molecule has 0 bridgehead atoms. The number of pyridine rings is 1. The van der Waals surface area contributed by atoms with Gasteiger partial charge in [0.1, 0.15) is 0 Å². The Morgan fingerprint density at radius 3 is 3.06 bits per heavy atom. The second-order valence-electron chi connectivity index (χ2n) is 4.31. The molecule has 0 radical (unpaired) electrons. The first-order valence-corrected chi connectivity index (χ1v) is 5.72. The van der Waals surface area contributed by atoms with Gasteiger partial charge in [-0.15, -0.1) is 0 Å². The quantitative estimate of drug-likeness (QED) is 0.784. The van der Waals surface area contributed by atoms with Crippen LogP contribution in [0.15, 0.2) is 18.3 Å². The highest BCUT2D eigenvalue weighted by atomic mass is 19.1. The Morgan fingerprint density at radius 1 is 1.59 bits per heavy atom. The fourth-order valence-electron chi connectivity index (χ4n) is 2.08. The molecule has 17 heavy (non-hydrogen) atoms. The van der Waals surface area contributed by atoms with Gasteiger partial charge in [-0.05, 0) is 30.9 Å². The van der Waals surface area contributed by atoms with Crippen molar-refractivity contribution in [3.63, 3.8) is 0 Å². The number of amides is 1. The molecule has 92 valence electrons. The molecule has 5 heteroatoms. The highest BCUT2D eigenvalue weighted by Crippen LogP contribution is 2.17. The molecule has 1 saturated heterocycles. The molecule has 1 aliphatic rings. The van der Waals surface area contributed by atoms with Gasteiger partial charge in [-0.1, -0.05) is 0 Å². The molecule has 0 aliphatic carbocycles. The van der Waals surface area contributed by atoms with Crippen LogP contribution in [0, 0.1) is 11.9 Å². The van der Waals surface area contributed by atoms with E-state index in [2.05, 4.69) is 4.98 Å². The molecule has 1 aromatic rings. The summed E-state index contributed by atoms with van der Waals surface area (Å²) in [6.07, 6.45) is 3.09. The summed E-state index contributed by atoms with van der Waals surface area (Å²) in [4.78, 5) is 17.2. The Balaban J connectivity index is 2.06. The van der Waals surface area contributed by atoms with Crippen LogP contribution in [0.1, 0.15) is 23.2 Å². The van der Waals surface area contributed by atoms with Gasteiger partial charge in [0.2, 0.25) is 5.95 Å². The standard InChI is InChI=1S/C12H15FN2O2/c13-11-4-3-10(6-14-11)12(17)15-5-1-2-9(7-15)8-16/h3-4,6,9,16H,1-2,5,7-8H2. The van der Waals surface area contributed by atoms with Crippen LogP contribution < -0.4 is 0 Å². The van der Waals surface area contributed by atoms with E-state index in [1.165, 1.54) is 18.3 Å². The Bertz CT molecular complexity index is 394. The van der Waals surface area contributed by atoms with Gasteiger partial charge in [-0.3, -0.25) is 4.79 Å². The summed E-state index contributed by atoms with van der Waals surface area (Å²) in [5.41, 5.74) is 0.394. The van der Waals surface area contributed by atoms with Crippen molar-refractivity contribution in [2.45, 2.75) is 12.8 Å². The number of hydrogen-bond acceptors (Lipinski definition) is 3. The average molecular weight is 238 g/mol. The van der Waals surface area contributed by atoms with Gasteiger partial charge in [0.05, 0.1) is 5.56 Å². The van der Waals surface area contributed by atoms with E-state index < -0.39 is 5.95 Å². The molecule has 4 nitrogen and oxygen atoms in total. The lowest BCUT2D eigenvalue weighted by atomic mass is 9.98. The number of aliphatic hydroxyl groups excluding tert-OH is 1. The first-order valence-electron chi connectivity index (χ1n) is 5.72. The van der Waals surface area contributed by atoms with Crippen molar-refractivity contribution in [3.8, 4) is 0 Å². The third-order valence-electron chi connectivity index (χ3n) is 3.04. The number of hydrogen-bond donors (Lipinski definition) is 1. The minimum absolute atomic E-state index is 0.103. The Labute approximate surface area is 99.1 Å². The van der Waals surface area contributed by atoms with Crippen molar-refractivity contribution in [1.82, 2.24) is 9.88 Å². The highest BCUT2D eigenvalue weighted by molar-refractivity contribution is 5.93. The molecule has 0 aromatic carbocycles. The van der Waals surface area contributed by atoms with Gasteiger partial charge in [0, 0.05) is 25.9 Å². The number of rotatable bonds is 2. The van der Waals surface area contributed by atoms with Crippen molar-refractivity contribution in [1.29, 1.82) is 0 Å². The number of carbonyl (C=O) groups excluding carboxylic acids is 1. The lowest BCUT2D eigenvalue weighted by molar-refractivity contribution is 0.0620. The second kappa shape index (κ2) is 5.23. The lowest BCUT2D eigenvalue weighted by Crippen LogP contribution is -2.41. The maximum atomic E-state index is 12.6. The fourth-order valence-corrected chi connectivity index (χ4v) is 2.08. The van der Waals surface area contributed by atoms with Gasteiger partial charge in [-0.2, -0.15) is 4.39 Å². The van der Waals surface area contributed by atoms with E-state index in [4.69, 9.17) is 5.11 Å². The first-order chi connectivity index (χ1) is 8.20. The van der Waals surface area contributed by atoms with Gasteiger partial charge < -0.3 is 10.0 Å². The number of carbonyl (C=O) groups is 1. The van der Waals surface area contributed by atoms with Crippen LogP contribution in [0.5, 0.6) is 0 Å². The predicted octanol–water partition coefficient (Wildman–Crippen LogP) is 1.07. The van der Waals surface area contributed by atoms with E-state index in [0.29, 0.717) is 18.7 Å². The van der Waals surface area contributed by atoms with Crippen LogP contribution >= 0.6 is 0 Å². The summed E-state index contributed by atoms with van der Waals surface area (Å²) in [5.74, 6) is -0.579. The van der Waals surface area contributed by atoms with Crippen molar-refractivity contribution in [2.24, 2.45) is 5.92 Å². The maximum absolute atomic E-state index is 12.6. The molecule has 1 atom stereocenters. The molecular weight excluding hydrogens is 223 g/mol. The molecule has 1 amide bonds. The number of aliphatic hydroxyl groups is 1. The minimum atomic E-state index is -0.589. The van der Waals surface area contributed by atoms with E-state index in [1.54, 1.807) is 4.90 Å². The highest BCUT2D eigenvalue weighted by Gasteiger charge is 2.24. The molecule has 1 unspecified atom stereocenters. The Hall–Kier alpha value is -1.49. The van der Waals surface area contributed by atoms with Crippen molar-refractivity contribution >= 4 is 5.91 Å². The summed E-state index contributed by atoms with van der Waals surface area (Å²) in [7, 11) is 0. The number of likely N-dealkylation sites (tertiary alicyclic amines) is 1. The molecule has 1 fully saturated rings. The lowest BCUT2D eigenvalue weighted by Gasteiger charge is -2.31. The zero-order valence-electron chi connectivity index (χ0n) is 9.47. The van der Waals surface area contributed by atoms with Gasteiger partial charge in [0.15, 0.2) is 0 Å². The van der Waals surface area contributed by atoms with E-state index in [9.17, 15) is 9.18 Å². The number of nitrogens with zero attached hydrogens (tertiary/aromatic N) is 2. The largest absolute Gasteiger partial charge is 0.396 e. The zero-order chi connectivity index (χ0) is 12.3. The molecule has 2 rings (SSSR count). The Morgan fingerprint density at radius 2 is 2.41 bits per heavy atom. The third kappa shape index (κ3) is 2.79. The summed E-state index contributed by atoms with van der Waals surface area (Å²) in [6, 6.07) is 2.62. The molecule has 1 aromatic heterocycles. The summed E-state index contributed by atoms with van der Waals surface area (Å²) in [5, 5.41) is 9.10. The molecule has 1 aliphatic heterocycles. The van der Waals surface area contributed by atoms with Crippen LogP contribution in [0.4, 0.5) is 4.39 Å². The fraction of sp³-hybridized carbons (Fsp3) is 0.500. The number of halogens is 1. The van der Waals surface area contributed by atoms with Crippen LogP contribution in [0.3, 0.4) is 0 Å². The molecule has 0 saturated carbocycles. The van der Waals surface area contributed by atoms with Crippen LogP contribution in [0.2, 0.25) is 0 Å². The average Bonchev–Trinajstić information content (AvgIpc) is 2.39. The number of aromatic nitrogens is 1. The SMILES string of the molecule is O=C(c1ccc(F)nc1)N1CCCC(CO)C1. The smallest absolute Gasteiger partial charge is 0.255 e. The van der Waals surface area contributed by atoms with Crippen LogP contribution in [0.25, 0.3) is 0 Å². The topological polar surface area (TPSA) is 53.4 Å². The van der Waals surface area contributed by atoms with Crippen molar-refractivity contribution in [2.75, 3.05) is 19.7 Å². The normalized spacial score (nSPS) is 20.4. The molecule has 1 N–H and O–H groups in total. The van der Waals surface area contributed by atoms with E-state index in [0.717, 1.165) is 12.8 Å². The van der Waals surface area contributed by atoms with Gasteiger partial charge >= 0.3 is 0 Å². The monoisotopic (exact) mass is 238 g/mol.